The van der Waals surface area contributed by atoms with E-state index >= 15 is 0 Å². The van der Waals surface area contributed by atoms with Gasteiger partial charge >= 0.3 is 0 Å². The molecular formula is C58H47N. The van der Waals surface area contributed by atoms with Gasteiger partial charge in [-0.1, -0.05) is 141 Å². The predicted octanol–water partition coefficient (Wildman–Crippen LogP) is 15.5. The van der Waals surface area contributed by atoms with Gasteiger partial charge < -0.3 is 4.57 Å². The van der Waals surface area contributed by atoms with E-state index in [9.17, 15) is 0 Å². The topological polar surface area (TPSA) is 4.93 Å². The molecule has 284 valence electrons. The fourth-order valence-corrected chi connectivity index (χ4v) is 11.0. The van der Waals surface area contributed by atoms with Gasteiger partial charge in [-0.3, -0.25) is 0 Å². The first kappa shape index (κ1) is 34.6. The van der Waals surface area contributed by atoms with E-state index in [0.29, 0.717) is 0 Å². The molecule has 5 aliphatic carbocycles. The predicted molar refractivity (Wildman–Crippen MR) is 250 cm³/mol. The van der Waals surface area contributed by atoms with Crippen molar-refractivity contribution in [3.05, 3.63) is 208 Å². The maximum Gasteiger partial charge on any atom is 0.0541 e. The van der Waals surface area contributed by atoms with Crippen LogP contribution in [-0.4, -0.2) is 4.57 Å². The van der Waals surface area contributed by atoms with Crippen LogP contribution in [-0.2, 0) is 11.8 Å². The fourth-order valence-electron chi connectivity index (χ4n) is 11.0. The molecule has 0 fully saturated rings. The third-order valence-corrected chi connectivity index (χ3v) is 14.1. The van der Waals surface area contributed by atoms with E-state index in [1.165, 1.54) is 105 Å². The Morgan fingerprint density at radius 1 is 0.525 bits per heavy atom. The molecule has 0 unspecified atom stereocenters. The first-order valence-corrected chi connectivity index (χ1v) is 21.7. The van der Waals surface area contributed by atoms with Gasteiger partial charge in [0.15, 0.2) is 0 Å². The van der Waals surface area contributed by atoms with Crippen LogP contribution < -0.4 is 0 Å². The maximum atomic E-state index is 2.53. The summed E-state index contributed by atoms with van der Waals surface area (Å²) < 4.78 is 2.53. The van der Waals surface area contributed by atoms with Crippen molar-refractivity contribution in [1.29, 1.82) is 0 Å². The maximum absolute atomic E-state index is 2.53. The van der Waals surface area contributed by atoms with E-state index in [2.05, 4.69) is 182 Å². The Bertz CT molecular complexity index is 3110. The van der Waals surface area contributed by atoms with Crippen molar-refractivity contribution >= 4 is 33.0 Å². The summed E-state index contributed by atoms with van der Waals surface area (Å²) in [4.78, 5) is 0. The van der Waals surface area contributed by atoms with Gasteiger partial charge in [0.25, 0.3) is 0 Å². The summed E-state index contributed by atoms with van der Waals surface area (Å²) in [5.74, 6) is 0. The van der Waals surface area contributed by atoms with Gasteiger partial charge in [-0.15, -0.1) is 0 Å². The molecule has 0 radical (unpaired) electrons. The molecule has 5 aliphatic rings. The lowest BCUT2D eigenvalue weighted by atomic mass is 9.81. The van der Waals surface area contributed by atoms with Crippen molar-refractivity contribution in [3.8, 4) is 39.1 Å². The molecule has 0 saturated heterocycles. The monoisotopic (exact) mass is 757 g/mol. The molecule has 59 heavy (non-hydrogen) atoms. The van der Waals surface area contributed by atoms with Gasteiger partial charge in [0, 0.05) is 21.9 Å². The first-order chi connectivity index (χ1) is 29.0. The van der Waals surface area contributed by atoms with Crippen LogP contribution in [0.25, 0.3) is 72.0 Å². The van der Waals surface area contributed by atoms with Gasteiger partial charge in [-0.25, -0.2) is 0 Å². The zero-order valence-electron chi connectivity index (χ0n) is 34.0. The van der Waals surface area contributed by atoms with Crippen LogP contribution >= 0.6 is 0 Å². The molecule has 1 heteroatoms. The summed E-state index contributed by atoms with van der Waals surface area (Å²) in [7, 11) is 0. The molecule has 0 aliphatic heterocycles. The molecule has 0 spiro atoms. The minimum atomic E-state index is -0.0943. The molecule has 1 heterocycles. The highest BCUT2D eigenvalue weighted by Crippen LogP contribution is 2.55. The fraction of sp³-hybridized carbons (Fsp3) is 0.172. The summed E-state index contributed by atoms with van der Waals surface area (Å²) in [5.41, 5.74) is 26.1. The zero-order valence-corrected chi connectivity index (χ0v) is 34.0. The minimum absolute atomic E-state index is 0.0943. The van der Waals surface area contributed by atoms with Crippen LogP contribution in [0.15, 0.2) is 181 Å². The van der Waals surface area contributed by atoms with Crippen molar-refractivity contribution in [3.63, 3.8) is 0 Å². The smallest absolute Gasteiger partial charge is 0.0541 e. The molecule has 0 bridgehead atoms. The number of rotatable bonds is 5. The van der Waals surface area contributed by atoms with Gasteiger partial charge in [-0.2, -0.15) is 0 Å². The molecule has 6 aromatic carbocycles. The Balaban J connectivity index is 0.996. The minimum Gasteiger partial charge on any atom is -0.309 e. The normalized spacial score (nSPS) is 17.4. The van der Waals surface area contributed by atoms with Crippen LogP contribution in [0.4, 0.5) is 0 Å². The lowest BCUT2D eigenvalue weighted by Gasteiger charge is -2.23. The highest BCUT2D eigenvalue weighted by Gasteiger charge is 2.39. The van der Waals surface area contributed by atoms with Crippen LogP contribution in [0, 0.1) is 0 Å². The van der Waals surface area contributed by atoms with Crippen LogP contribution in [0.1, 0.15) is 80.2 Å². The number of aromatic nitrogens is 1. The van der Waals surface area contributed by atoms with Crippen molar-refractivity contribution < 1.29 is 0 Å². The van der Waals surface area contributed by atoms with Gasteiger partial charge in [0.2, 0.25) is 0 Å². The molecule has 0 saturated carbocycles. The molecule has 1 aromatic heterocycles. The summed E-state index contributed by atoms with van der Waals surface area (Å²) in [6.07, 6.45) is 24.3. The molecular weight excluding hydrogens is 711 g/mol. The van der Waals surface area contributed by atoms with Crippen LogP contribution in [0.2, 0.25) is 0 Å². The van der Waals surface area contributed by atoms with Crippen molar-refractivity contribution in [2.45, 2.75) is 64.2 Å². The molecule has 0 atom stereocenters. The lowest BCUT2D eigenvalue weighted by Crippen LogP contribution is -2.15. The third kappa shape index (κ3) is 5.44. The Morgan fingerprint density at radius 3 is 1.97 bits per heavy atom. The van der Waals surface area contributed by atoms with Gasteiger partial charge in [0.1, 0.15) is 0 Å². The first-order valence-electron chi connectivity index (χ1n) is 21.7. The highest BCUT2D eigenvalue weighted by atomic mass is 15.0. The Hall–Kier alpha value is -6.44. The molecule has 0 amide bonds. The van der Waals surface area contributed by atoms with E-state index in [-0.39, 0.29) is 5.41 Å². The Labute approximate surface area is 347 Å². The van der Waals surface area contributed by atoms with Crippen molar-refractivity contribution in [1.82, 2.24) is 4.57 Å². The zero-order chi connectivity index (χ0) is 39.2. The average Bonchev–Trinajstić information content (AvgIpc) is 3.91. The second kappa shape index (κ2) is 13.3. The van der Waals surface area contributed by atoms with Crippen LogP contribution in [0.5, 0.6) is 0 Å². The average molecular weight is 758 g/mol. The van der Waals surface area contributed by atoms with E-state index < -0.39 is 0 Å². The standard InChI is InChI=1S/C58H47N/c1-58(2)53-30-29-48-47-16-10-9-15-45(47)35-52(48)57(53)49-28-27-46(36-54(49)58)59-55-31-25-43(41-21-17-39(18-22-41)37-11-5-3-6-12-37)33-50(55)51-34-44(26-32-56(51)59)42-23-19-40(20-24-42)38-13-7-4-8-14-38/h3,5-7,9,11-15,17-19,21-23,25-34,36H,4,8,10,16,20,24,35H2,1-2H3. The molecule has 12 rings (SSSR count). The number of nitrogens with zero attached hydrogens (tertiary/aromatic N) is 1. The summed E-state index contributed by atoms with van der Waals surface area (Å²) >= 11 is 0. The summed E-state index contributed by atoms with van der Waals surface area (Å²) in [6, 6.07) is 46.3. The van der Waals surface area contributed by atoms with E-state index in [4.69, 9.17) is 0 Å². The molecule has 1 nitrogen and oxygen atoms in total. The quantitative estimate of drug-likeness (QED) is 0.165. The lowest BCUT2D eigenvalue weighted by molar-refractivity contribution is 0.659. The second-order valence-corrected chi connectivity index (χ2v) is 17.8. The largest absolute Gasteiger partial charge is 0.309 e. The Morgan fingerprint density at radius 2 is 1.20 bits per heavy atom. The number of hydrogen-bond acceptors (Lipinski definition) is 0. The molecule has 0 N–H and O–H groups in total. The van der Waals surface area contributed by atoms with E-state index in [0.717, 1.165) is 44.9 Å². The summed E-state index contributed by atoms with van der Waals surface area (Å²) in [6.45, 7) is 4.87. The SMILES string of the molecule is CC1(C)c2cc(-n3c4ccc(C5=CC=C(C6=CCCC=C6)CC5)cc4c4cc(-c5ccc(-c6ccccc6)cc5)ccc43)ccc2-c2c1ccc1c2CC2=C1CCC=C2. The number of fused-ring (bicyclic) bond motifs is 9. The number of allylic oxidation sites excluding steroid dienone is 12. The van der Waals surface area contributed by atoms with E-state index in [1.807, 2.05) is 0 Å². The van der Waals surface area contributed by atoms with Crippen molar-refractivity contribution in [2.24, 2.45) is 0 Å². The Kier molecular flexibility index (Phi) is 7.80. The third-order valence-electron chi connectivity index (χ3n) is 14.1. The second-order valence-electron chi connectivity index (χ2n) is 17.8. The van der Waals surface area contributed by atoms with Gasteiger partial charge in [-0.05, 0) is 170 Å². The van der Waals surface area contributed by atoms with E-state index in [1.54, 1.807) is 11.1 Å². The highest BCUT2D eigenvalue weighted by molar-refractivity contribution is 6.11. The number of hydrogen-bond donors (Lipinski definition) is 0. The summed E-state index contributed by atoms with van der Waals surface area (Å²) in [5, 5.41) is 2.60. The van der Waals surface area contributed by atoms with Crippen LogP contribution in [0.3, 0.4) is 0 Å². The van der Waals surface area contributed by atoms with Gasteiger partial charge in [0.05, 0.1) is 11.0 Å². The molecule has 7 aromatic rings. The van der Waals surface area contributed by atoms with Crippen molar-refractivity contribution in [2.75, 3.05) is 0 Å². The number of benzene rings is 6.